The Kier molecular flexibility index (Phi) is 3.08. The minimum absolute atomic E-state index is 0. The molecule has 0 aliphatic heterocycles. The van der Waals surface area contributed by atoms with E-state index in [1.165, 1.54) is 6.07 Å². The highest BCUT2D eigenvalue weighted by molar-refractivity contribution is 5.92. The van der Waals surface area contributed by atoms with Gasteiger partial charge in [-0.15, -0.1) is 12.4 Å². The lowest BCUT2D eigenvalue weighted by Gasteiger charge is -1.92. The molecule has 18 heavy (non-hydrogen) atoms. The van der Waals surface area contributed by atoms with Gasteiger partial charge in [-0.25, -0.2) is 9.78 Å². The molecule has 6 heteroatoms. The minimum atomic E-state index is -0.957. The number of fused-ring (bicyclic) bond motifs is 1. The summed E-state index contributed by atoms with van der Waals surface area (Å²) < 4.78 is 5.22. The fourth-order valence-corrected chi connectivity index (χ4v) is 1.67. The van der Waals surface area contributed by atoms with Crippen LogP contribution in [0.25, 0.3) is 22.6 Å². The molecule has 0 fully saturated rings. The second kappa shape index (κ2) is 4.54. The number of aromatic amines is 1. The number of nitrogens with zero attached hydrogens (tertiary/aromatic N) is 1. The highest BCUT2D eigenvalue weighted by Gasteiger charge is 2.09. The van der Waals surface area contributed by atoms with Crippen molar-refractivity contribution < 1.29 is 14.3 Å². The topological polar surface area (TPSA) is 79.1 Å². The zero-order valence-corrected chi connectivity index (χ0v) is 9.90. The van der Waals surface area contributed by atoms with Gasteiger partial charge in [-0.2, -0.15) is 0 Å². The Morgan fingerprint density at radius 1 is 1.33 bits per heavy atom. The van der Waals surface area contributed by atoms with Gasteiger partial charge in [0.1, 0.15) is 0 Å². The van der Waals surface area contributed by atoms with Gasteiger partial charge >= 0.3 is 5.97 Å². The van der Waals surface area contributed by atoms with Gasteiger partial charge in [0, 0.05) is 0 Å². The van der Waals surface area contributed by atoms with Crippen molar-refractivity contribution in [3.8, 4) is 11.6 Å². The number of aromatic carboxylic acids is 1. The molecule has 0 bridgehead atoms. The highest BCUT2D eigenvalue weighted by atomic mass is 35.5. The number of H-pyrrole nitrogens is 1. The van der Waals surface area contributed by atoms with E-state index in [0.29, 0.717) is 22.6 Å². The first-order valence-electron chi connectivity index (χ1n) is 5.01. The van der Waals surface area contributed by atoms with Gasteiger partial charge in [0.05, 0.1) is 22.9 Å². The number of benzene rings is 1. The average molecular weight is 265 g/mol. The number of carbonyl (C=O) groups is 1. The quantitative estimate of drug-likeness (QED) is 0.746. The van der Waals surface area contributed by atoms with Crippen LogP contribution in [0.4, 0.5) is 0 Å². The monoisotopic (exact) mass is 264 g/mol. The number of aromatic nitrogens is 2. The molecule has 5 nitrogen and oxygen atoms in total. The predicted molar refractivity (Wildman–Crippen MR) is 68.0 cm³/mol. The molecule has 0 aliphatic carbocycles. The molecular formula is C12H9ClN2O3. The van der Waals surface area contributed by atoms with Gasteiger partial charge < -0.3 is 14.5 Å². The highest BCUT2D eigenvalue weighted by Crippen LogP contribution is 2.21. The van der Waals surface area contributed by atoms with Crippen molar-refractivity contribution in [3.63, 3.8) is 0 Å². The number of furan rings is 1. The lowest BCUT2D eigenvalue weighted by Crippen LogP contribution is -1.94. The average Bonchev–Trinajstić information content (AvgIpc) is 2.96. The molecule has 2 heterocycles. The summed E-state index contributed by atoms with van der Waals surface area (Å²) in [5.41, 5.74) is 1.62. The summed E-state index contributed by atoms with van der Waals surface area (Å²) in [7, 11) is 0. The van der Waals surface area contributed by atoms with Gasteiger partial charge in [0.2, 0.25) is 0 Å². The number of carboxylic acids is 1. The van der Waals surface area contributed by atoms with Crippen LogP contribution in [0.2, 0.25) is 0 Å². The van der Waals surface area contributed by atoms with E-state index in [1.54, 1.807) is 30.5 Å². The zero-order chi connectivity index (χ0) is 11.8. The third kappa shape index (κ3) is 1.96. The molecule has 3 aromatic rings. The molecule has 0 unspecified atom stereocenters. The second-order valence-electron chi connectivity index (χ2n) is 3.60. The van der Waals surface area contributed by atoms with Crippen LogP contribution in [-0.2, 0) is 0 Å². The summed E-state index contributed by atoms with van der Waals surface area (Å²) in [6, 6.07) is 8.30. The molecule has 1 aromatic carbocycles. The van der Waals surface area contributed by atoms with Gasteiger partial charge in [-0.1, -0.05) is 0 Å². The van der Waals surface area contributed by atoms with Crippen LogP contribution in [0, 0.1) is 0 Å². The lowest BCUT2D eigenvalue weighted by atomic mass is 10.2. The summed E-state index contributed by atoms with van der Waals surface area (Å²) in [5, 5.41) is 8.88. The SMILES string of the molecule is Cl.O=C(O)c1ccc2nc(-c3ccco3)[nH]c2c1. The second-order valence-corrected chi connectivity index (χ2v) is 3.60. The van der Waals surface area contributed by atoms with E-state index in [2.05, 4.69) is 9.97 Å². The predicted octanol–water partition coefficient (Wildman–Crippen LogP) is 2.94. The van der Waals surface area contributed by atoms with Gasteiger partial charge in [0.15, 0.2) is 11.6 Å². The van der Waals surface area contributed by atoms with Crippen LogP contribution in [0.15, 0.2) is 41.0 Å². The van der Waals surface area contributed by atoms with E-state index >= 15 is 0 Å². The van der Waals surface area contributed by atoms with E-state index in [-0.39, 0.29) is 18.0 Å². The summed E-state index contributed by atoms with van der Waals surface area (Å²) in [5.74, 6) is 0.256. The van der Waals surface area contributed by atoms with Gasteiger partial charge in [-0.3, -0.25) is 0 Å². The lowest BCUT2D eigenvalue weighted by molar-refractivity contribution is 0.0697. The Balaban J connectivity index is 0.00000120. The molecule has 0 saturated heterocycles. The zero-order valence-electron chi connectivity index (χ0n) is 9.08. The Bertz CT molecular complexity index is 688. The van der Waals surface area contributed by atoms with Crippen LogP contribution >= 0.6 is 12.4 Å². The molecule has 0 spiro atoms. The molecule has 0 amide bonds. The summed E-state index contributed by atoms with van der Waals surface area (Å²) >= 11 is 0. The van der Waals surface area contributed by atoms with Crippen LogP contribution in [-0.4, -0.2) is 21.0 Å². The molecule has 0 atom stereocenters. The Hall–Kier alpha value is -2.27. The first-order chi connectivity index (χ1) is 8.24. The van der Waals surface area contributed by atoms with Crippen molar-refractivity contribution in [2.24, 2.45) is 0 Å². The maximum absolute atomic E-state index is 10.8. The van der Waals surface area contributed by atoms with Crippen molar-refractivity contribution in [2.75, 3.05) is 0 Å². The van der Waals surface area contributed by atoms with Crippen molar-refractivity contribution in [3.05, 3.63) is 42.2 Å². The fourth-order valence-electron chi connectivity index (χ4n) is 1.67. The van der Waals surface area contributed by atoms with Crippen LogP contribution in [0.1, 0.15) is 10.4 Å². The van der Waals surface area contributed by atoms with E-state index in [9.17, 15) is 4.79 Å². The third-order valence-electron chi connectivity index (χ3n) is 2.48. The molecule has 0 aliphatic rings. The number of hydrogen-bond donors (Lipinski definition) is 2. The first kappa shape index (κ1) is 12.2. The fraction of sp³-hybridized carbons (Fsp3) is 0. The number of hydrogen-bond acceptors (Lipinski definition) is 3. The van der Waals surface area contributed by atoms with Crippen molar-refractivity contribution in [1.29, 1.82) is 0 Å². The Labute approximate surface area is 108 Å². The van der Waals surface area contributed by atoms with E-state index in [0.717, 1.165) is 0 Å². The Morgan fingerprint density at radius 3 is 2.83 bits per heavy atom. The normalized spacial score (nSPS) is 10.2. The molecule has 2 N–H and O–H groups in total. The van der Waals surface area contributed by atoms with Crippen LogP contribution < -0.4 is 0 Å². The standard InChI is InChI=1S/C12H8N2O3.ClH/c15-12(16)7-3-4-8-9(6-7)14-11(13-8)10-2-1-5-17-10;/h1-6H,(H,13,14)(H,15,16);1H. The molecule has 92 valence electrons. The van der Waals surface area contributed by atoms with Crippen molar-refractivity contribution in [1.82, 2.24) is 9.97 Å². The largest absolute Gasteiger partial charge is 0.478 e. The van der Waals surface area contributed by atoms with E-state index < -0.39 is 5.97 Å². The van der Waals surface area contributed by atoms with E-state index in [1.807, 2.05) is 0 Å². The summed E-state index contributed by atoms with van der Waals surface area (Å²) in [6.45, 7) is 0. The van der Waals surface area contributed by atoms with Crippen molar-refractivity contribution in [2.45, 2.75) is 0 Å². The number of nitrogens with one attached hydrogen (secondary N) is 1. The number of carboxylic acid groups (broad SMARTS) is 1. The number of halogens is 1. The molecule has 3 rings (SSSR count). The minimum Gasteiger partial charge on any atom is -0.478 e. The molecule has 2 aromatic heterocycles. The third-order valence-corrected chi connectivity index (χ3v) is 2.48. The smallest absolute Gasteiger partial charge is 0.335 e. The number of imidazole rings is 1. The maximum Gasteiger partial charge on any atom is 0.335 e. The van der Waals surface area contributed by atoms with Crippen LogP contribution in [0.3, 0.4) is 0 Å². The molecule has 0 saturated carbocycles. The number of rotatable bonds is 2. The Morgan fingerprint density at radius 2 is 2.17 bits per heavy atom. The summed E-state index contributed by atoms with van der Waals surface area (Å²) in [4.78, 5) is 18.2. The van der Waals surface area contributed by atoms with Crippen LogP contribution in [0.5, 0.6) is 0 Å². The molecule has 0 radical (unpaired) electrons. The van der Waals surface area contributed by atoms with Crippen molar-refractivity contribution >= 4 is 29.4 Å². The first-order valence-corrected chi connectivity index (χ1v) is 5.01. The van der Waals surface area contributed by atoms with E-state index in [4.69, 9.17) is 9.52 Å². The van der Waals surface area contributed by atoms with Gasteiger partial charge in [-0.05, 0) is 30.3 Å². The molecular weight excluding hydrogens is 256 g/mol. The summed E-state index contributed by atoms with van der Waals surface area (Å²) in [6.07, 6.45) is 1.56. The van der Waals surface area contributed by atoms with Gasteiger partial charge in [0.25, 0.3) is 0 Å². The maximum atomic E-state index is 10.8.